The van der Waals surface area contributed by atoms with Crippen LogP contribution in [0.2, 0.25) is 5.02 Å². The lowest BCUT2D eigenvalue weighted by Crippen LogP contribution is -2.10. The zero-order chi connectivity index (χ0) is 24.9. The predicted molar refractivity (Wildman–Crippen MR) is 135 cm³/mol. The van der Waals surface area contributed by atoms with Crippen LogP contribution in [0.1, 0.15) is 55.2 Å². The van der Waals surface area contributed by atoms with Crippen LogP contribution in [-0.4, -0.2) is 38.8 Å². The van der Waals surface area contributed by atoms with Gasteiger partial charge in [-0.1, -0.05) is 32.4 Å². The fraction of sp³-hybridized carbons (Fsp3) is 0.360. The van der Waals surface area contributed by atoms with E-state index in [0.717, 1.165) is 6.07 Å². The fourth-order valence-corrected chi connectivity index (χ4v) is 4.28. The van der Waals surface area contributed by atoms with Crippen molar-refractivity contribution in [3.05, 3.63) is 57.9 Å². The Bertz CT molecular complexity index is 1230. The Balaban J connectivity index is 0.00000187. The van der Waals surface area contributed by atoms with Crippen LogP contribution in [0.5, 0.6) is 0 Å². The smallest absolute Gasteiger partial charge is 0.167 e. The largest absolute Gasteiger partial charge is 0.303 e. The summed E-state index contributed by atoms with van der Waals surface area (Å²) < 4.78 is 32.0. The van der Waals surface area contributed by atoms with E-state index in [1.165, 1.54) is 6.92 Å². The SMILES string of the molecule is CC.CCCC(=O)c1cc(F)c(-c2nc3cc(Cl)ccn3c2CC(=O)C=S(C)C)c(C)c1F. The van der Waals surface area contributed by atoms with Crippen molar-refractivity contribution in [2.45, 2.75) is 47.0 Å². The highest BCUT2D eigenvalue weighted by molar-refractivity contribution is 8.14. The van der Waals surface area contributed by atoms with Crippen molar-refractivity contribution < 1.29 is 18.4 Å². The highest BCUT2D eigenvalue weighted by atomic mass is 35.5. The van der Waals surface area contributed by atoms with E-state index in [1.54, 1.807) is 35.0 Å². The first-order chi connectivity index (χ1) is 15.6. The van der Waals surface area contributed by atoms with Crippen molar-refractivity contribution >= 4 is 44.7 Å². The molecule has 178 valence electrons. The Morgan fingerprint density at radius 2 is 1.88 bits per heavy atom. The minimum Gasteiger partial charge on any atom is -0.303 e. The van der Waals surface area contributed by atoms with E-state index in [0.29, 0.717) is 22.8 Å². The van der Waals surface area contributed by atoms with Crippen molar-refractivity contribution in [1.82, 2.24) is 9.38 Å². The summed E-state index contributed by atoms with van der Waals surface area (Å²) >= 11 is 6.08. The zero-order valence-electron chi connectivity index (χ0n) is 19.8. The van der Waals surface area contributed by atoms with Gasteiger partial charge in [0.1, 0.15) is 17.3 Å². The molecule has 0 atom stereocenters. The maximum Gasteiger partial charge on any atom is 0.167 e. The number of rotatable bonds is 7. The molecule has 0 amide bonds. The van der Waals surface area contributed by atoms with E-state index in [4.69, 9.17) is 11.6 Å². The summed E-state index contributed by atoms with van der Waals surface area (Å²) in [5.41, 5.74) is 0.687. The van der Waals surface area contributed by atoms with Gasteiger partial charge < -0.3 is 4.40 Å². The molecule has 1 aromatic carbocycles. The lowest BCUT2D eigenvalue weighted by Gasteiger charge is -2.12. The van der Waals surface area contributed by atoms with Crippen molar-refractivity contribution in [2.24, 2.45) is 0 Å². The highest BCUT2D eigenvalue weighted by Gasteiger charge is 2.25. The lowest BCUT2D eigenvalue weighted by molar-refractivity contribution is -0.111. The summed E-state index contributed by atoms with van der Waals surface area (Å²) in [6.07, 6.45) is 6.12. The molecule has 3 aromatic rings. The highest BCUT2D eigenvalue weighted by Crippen LogP contribution is 2.34. The quantitative estimate of drug-likeness (QED) is 0.271. The van der Waals surface area contributed by atoms with E-state index in [1.807, 2.05) is 26.4 Å². The molecule has 0 unspecified atom stereocenters. The second-order valence-electron chi connectivity index (χ2n) is 7.51. The van der Waals surface area contributed by atoms with Crippen LogP contribution < -0.4 is 0 Å². The molecule has 0 fully saturated rings. The summed E-state index contributed by atoms with van der Waals surface area (Å²) in [5, 5.41) is 2.04. The molecule has 0 N–H and O–H groups in total. The van der Waals surface area contributed by atoms with Crippen LogP contribution in [-0.2, 0) is 11.2 Å². The van der Waals surface area contributed by atoms with Crippen LogP contribution in [0.4, 0.5) is 8.78 Å². The minimum atomic E-state index is -0.766. The molecule has 3 rings (SSSR count). The number of nitrogens with zero attached hydrogens (tertiary/aromatic N) is 2. The Hall–Kier alpha value is -2.38. The van der Waals surface area contributed by atoms with Crippen molar-refractivity contribution in [3.63, 3.8) is 0 Å². The summed E-state index contributed by atoms with van der Waals surface area (Å²) in [6, 6.07) is 4.16. The predicted octanol–water partition coefficient (Wildman–Crippen LogP) is 6.69. The maximum atomic E-state index is 15.2. The first-order valence-electron chi connectivity index (χ1n) is 10.8. The van der Waals surface area contributed by atoms with Crippen LogP contribution in [0.15, 0.2) is 24.4 Å². The first-order valence-corrected chi connectivity index (χ1v) is 13.2. The number of hydrogen-bond donors (Lipinski definition) is 0. The van der Waals surface area contributed by atoms with Crippen LogP contribution in [0.25, 0.3) is 16.9 Å². The molecule has 0 saturated carbocycles. The molecule has 0 aliphatic rings. The van der Waals surface area contributed by atoms with Crippen molar-refractivity contribution in [2.75, 3.05) is 12.5 Å². The van der Waals surface area contributed by atoms with E-state index in [9.17, 15) is 9.59 Å². The number of imidazole rings is 1. The van der Waals surface area contributed by atoms with Gasteiger partial charge in [0.05, 0.1) is 23.4 Å². The summed E-state index contributed by atoms with van der Waals surface area (Å²) in [5.74, 6) is -2.11. The van der Waals surface area contributed by atoms with Gasteiger partial charge in [-0.05, 0) is 43.6 Å². The second kappa shape index (κ2) is 11.7. The molecule has 0 radical (unpaired) electrons. The monoisotopic (exact) mass is 494 g/mol. The van der Waals surface area contributed by atoms with Gasteiger partial charge in [-0.3, -0.25) is 9.59 Å². The third-order valence-electron chi connectivity index (χ3n) is 4.86. The molecule has 0 spiro atoms. The molecule has 0 aliphatic heterocycles. The van der Waals surface area contributed by atoms with E-state index >= 15 is 8.78 Å². The number of halogens is 3. The fourth-order valence-electron chi connectivity index (χ4n) is 3.52. The number of pyridine rings is 1. The number of Topliss-reactive ketones (excluding diaryl/α,β-unsaturated/α-hetero) is 2. The van der Waals surface area contributed by atoms with Crippen molar-refractivity contribution in [3.8, 4) is 11.3 Å². The number of carbonyl (C=O) groups is 2. The van der Waals surface area contributed by atoms with Crippen molar-refractivity contribution in [1.29, 1.82) is 0 Å². The van der Waals surface area contributed by atoms with E-state index < -0.39 is 17.4 Å². The number of ketones is 2. The van der Waals surface area contributed by atoms with Crippen LogP contribution in [0, 0.1) is 18.6 Å². The Morgan fingerprint density at radius 3 is 2.48 bits per heavy atom. The van der Waals surface area contributed by atoms with Gasteiger partial charge >= 0.3 is 0 Å². The van der Waals surface area contributed by atoms with Gasteiger partial charge in [-0.15, -0.1) is 0 Å². The summed E-state index contributed by atoms with van der Waals surface area (Å²) in [7, 11) is -0.215. The van der Waals surface area contributed by atoms with Gasteiger partial charge in [-0.2, -0.15) is 10.5 Å². The molecule has 0 bridgehead atoms. The Labute approximate surface area is 200 Å². The Kier molecular flexibility index (Phi) is 9.49. The normalized spacial score (nSPS) is 10.8. The lowest BCUT2D eigenvalue weighted by atomic mass is 9.95. The summed E-state index contributed by atoms with van der Waals surface area (Å²) in [4.78, 5) is 29.2. The third kappa shape index (κ3) is 5.95. The molecule has 2 aromatic heterocycles. The topological polar surface area (TPSA) is 51.4 Å². The van der Waals surface area contributed by atoms with Gasteiger partial charge in [0.15, 0.2) is 11.6 Å². The van der Waals surface area contributed by atoms with Gasteiger partial charge in [0, 0.05) is 34.6 Å². The maximum absolute atomic E-state index is 15.2. The van der Waals surface area contributed by atoms with Crippen LogP contribution >= 0.6 is 22.1 Å². The molecule has 2 heterocycles. The standard InChI is InChI=1S/C23H23ClF2N2O2S.C2H6/c1-5-6-19(30)16-11-17(25)21(13(2)22(16)26)23-18(10-15(29)12-31(3)4)28-8-7-14(24)9-20(28)27-23;1-2/h7-9,11-12H,5-6,10H2,1-4H3;1-2H3. The second-order valence-corrected chi connectivity index (χ2v) is 9.95. The molecule has 0 aliphatic carbocycles. The van der Waals surface area contributed by atoms with E-state index in [-0.39, 0.29) is 51.5 Å². The number of carbonyl (C=O) groups excluding carboxylic acids is 2. The van der Waals surface area contributed by atoms with E-state index in [2.05, 4.69) is 4.98 Å². The summed E-state index contributed by atoms with van der Waals surface area (Å²) in [6.45, 7) is 7.22. The third-order valence-corrected chi connectivity index (χ3v) is 5.83. The minimum absolute atomic E-state index is 0.0163. The average Bonchev–Trinajstić information content (AvgIpc) is 3.08. The Morgan fingerprint density at radius 1 is 1.21 bits per heavy atom. The van der Waals surface area contributed by atoms with Crippen LogP contribution in [0.3, 0.4) is 0 Å². The van der Waals surface area contributed by atoms with Gasteiger partial charge in [0.2, 0.25) is 0 Å². The number of hydrogen-bond acceptors (Lipinski definition) is 3. The molecule has 4 nitrogen and oxygen atoms in total. The molecular weight excluding hydrogens is 466 g/mol. The van der Waals surface area contributed by atoms with Gasteiger partial charge in [-0.25, -0.2) is 13.8 Å². The molecule has 0 saturated heterocycles. The molecule has 8 heteroatoms. The first kappa shape index (κ1) is 26.9. The number of aromatic nitrogens is 2. The number of benzene rings is 1. The van der Waals surface area contributed by atoms with Gasteiger partial charge in [0.25, 0.3) is 0 Å². The molecule has 33 heavy (non-hydrogen) atoms. The number of fused-ring (bicyclic) bond motifs is 1. The zero-order valence-corrected chi connectivity index (χ0v) is 21.3. The molecular formula is C25H29ClF2N2O2S. The average molecular weight is 495 g/mol.